The number of aliphatic hydroxyl groups is 10. The van der Waals surface area contributed by atoms with Crippen molar-refractivity contribution in [3.63, 3.8) is 0 Å². The van der Waals surface area contributed by atoms with Crippen LogP contribution in [0.25, 0.3) is 0 Å². The predicted octanol–water partition coefficient (Wildman–Crippen LogP) is 2.55. The highest BCUT2D eigenvalue weighted by Gasteiger charge is 2.57. The van der Waals surface area contributed by atoms with E-state index < -0.39 is 152 Å². The van der Waals surface area contributed by atoms with Crippen molar-refractivity contribution < 1.29 is 107 Å². The summed E-state index contributed by atoms with van der Waals surface area (Å²) in [7, 11) is -5.39. The van der Waals surface area contributed by atoms with Gasteiger partial charge in [-0.15, -0.1) is 0 Å². The number of carboxylic acids is 1. The van der Waals surface area contributed by atoms with Crippen LogP contribution in [0.3, 0.4) is 0 Å². The SMILES string of the molecule is CCCCCCCCCCCCCCCCCCCCCC(O)C(=O)NC(COC1OC(COC2(C(=O)O)CC(O)C(NC(=O)CO)C(C(O)C(CO)OS(=O)(=O)O)O2)C(O)C(O)C1O)C(O)C(O)CCCCCCCC(C)C. The molecule has 2 aliphatic heterocycles. The van der Waals surface area contributed by atoms with Crippen molar-refractivity contribution in [3.8, 4) is 0 Å². The van der Waals surface area contributed by atoms with E-state index in [1.807, 2.05) is 0 Å². The van der Waals surface area contributed by atoms with Crippen LogP contribution in [-0.2, 0) is 47.9 Å². The summed E-state index contributed by atoms with van der Waals surface area (Å²) in [5.74, 6) is -6.56. The van der Waals surface area contributed by atoms with Gasteiger partial charge in [-0.25, -0.2) is 8.98 Å². The minimum Gasteiger partial charge on any atom is -0.477 e. The molecule has 2 fully saturated rings. The molecule has 14 N–H and O–H groups in total. The normalized spacial score (nSPS) is 26.1. The number of carbonyl (C=O) groups excluding carboxylic acids is 2. The van der Waals surface area contributed by atoms with Gasteiger partial charge in [-0.1, -0.05) is 181 Å². The zero-order chi connectivity index (χ0) is 59.0. The van der Waals surface area contributed by atoms with Gasteiger partial charge in [-0.3, -0.25) is 14.1 Å². The molecule has 0 radical (unpaired) electrons. The smallest absolute Gasteiger partial charge is 0.397 e. The molecule has 0 aliphatic carbocycles. The van der Waals surface area contributed by atoms with Gasteiger partial charge in [0.2, 0.25) is 11.8 Å². The number of ether oxygens (including phenoxy) is 4. The van der Waals surface area contributed by atoms with Crippen LogP contribution in [0.1, 0.15) is 201 Å². The third-order valence-electron chi connectivity index (χ3n) is 14.9. The first kappa shape index (κ1) is 72.8. The molecule has 2 rings (SSSR count). The maximum Gasteiger partial charge on any atom is 0.397 e. The molecule has 0 spiro atoms. The summed E-state index contributed by atoms with van der Waals surface area (Å²) in [6, 6.07) is -3.29. The standard InChI is InChI=1S/C54H102N2O22S/c1-4-5-6-7-8-9-10-11-12-13-14-15-16-17-18-19-20-23-27-30-39(60)51(68)55-37(45(63)38(59)29-26-24-21-22-25-28-36(2)3)34-74-52-49(67)48(66)46(64)42(76-52)35-75-54(53(69)70)31-40(61)44(56-43(62)33-58)50(77-54)47(65)41(32-57)78-79(71,72)73/h36-42,44-50,52,57-61,63-67H,4-35H2,1-3H3,(H,55,68)(H,56,62)(H,69,70)(H,71,72,73). The monoisotopic (exact) mass is 1160 g/mol. The van der Waals surface area contributed by atoms with Gasteiger partial charge in [0.25, 0.3) is 5.79 Å². The second kappa shape index (κ2) is 40.1. The summed E-state index contributed by atoms with van der Waals surface area (Å²) in [6.07, 6.45) is 3.61. The molecule has 2 heterocycles. The Morgan fingerprint density at radius 1 is 0.696 bits per heavy atom. The topological polar surface area (TPSA) is 398 Å². The molecule has 0 bridgehead atoms. The fourth-order valence-electron chi connectivity index (χ4n) is 10.0. The van der Waals surface area contributed by atoms with E-state index in [4.69, 9.17) is 18.9 Å². The number of aliphatic hydroxyl groups excluding tert-OH is 10. The fraction of sp³-hybridized carbons (Fsp3) is 0.944. The minimum absolute atomic E-state index is 0.112. The molecule has 15 atom stereocenters. The Morgan fingerprint density at radius 2 is 1.19 bits per heavy atom. The molecule has 2 saturated heterocycles. The van der Waals surface area contributed by atoms with Crippen molar-refractivity contribution >= 4 is 28.2 Å². The lowest BCUT2D eigenvalue weighted by Crippen LogP contribution is -2.69. The van der Waals surface area contributed by atoms with Gasteiger partial charge in [0, 0.05) is 6.42 Å². The van der Waals surface area contributed by atoms with E-state index in [0.717, 1.165) is 57.8 Å². The molecular formula is C54H102N2O22S. The van der Waals surface area contributed by atoms with E-state index in [-0.39, 0.29) is 12.8 Å². The average molecular weight is 1160 g/mol. The maximum absolute atomic E-state index is 13.4. The summed E-state index contributed by atoms with van der Waals surface area (Å²) in [6.45, 7) is 2.21. The maximum atomic E-state index is 13.4. The third kappa shape index (κ3) is 28.2. The molecule has 15 unspecified atom stereocenters. The first-order chi connectivity index (χ1) is 37.5. The van der Waals surface area contributed by atoms with E-state index in [9.17, 15) is 83.5 Å². The van der Waals surface area contributed by atoms with Crippen LogP contribution in [0.2, 0.25) is 0 Å². The van der Waals surface area contributed by atoms with Crippen LogP contribution >= 0.6 is 0 Å². The number of hydrogen-bond acceptors (Lipinski definition) is 20. The van der Waals surface area contributed by atoms with Crippen molar-refractivity contribution in [2.45, 2.75) is 292 Å². The Balaban J connectivity index is 2.09. The Kier molecular flexibility index (Phi) is 36.9. The molecule has 0 aromatic heterocycles. The molecular weight excluding hydrogens is 1060 g/mol. The number of aliphatic carboxylic acids is 1. The van der Waals surface area contributed by atoms with Crippen LogP contribution in [0.4, 0.5) is 0 Å². The van der Waals surface area contributed by atoms with E-state index in [1.165, 1.54) is 89.9 Å². The highest BCUT2D eigenvalue weighted by molar-refractivity contribution is 7.80. The number of amides is 2. The minimum atomic E-state index is -5.39. The molecule has 0 saturated carbocycles. The summed E-state index contributed by atoms with van der Waals surface area (Å²) >= 11 is 0. The largest absolute Gasteiger partial charge is 0.477 e. The number of nitrogens with one attached hydrogen (secondary N) is 2. The Labute approximate surface area is 468 Å². The summed E-state index contributed by atoms with van der Waals surface area (Å²) in [5, 5.41) is 123. The zero-order valence-corrected chi connectivity index (χ0v) is 48.0. The van der Waals surface area contributed by atoms with Crippen molar-refractivity contribution in [2.24, 2.45) is 5.92 Å². The van der Waals surface area contributed by atoms with Gasteiger partial charge >= 0.3 is 16.4 Å². The number of carbonyl (C=O) groups is 3. The quantitative estimate of drug-likeness (QED) is 0.0308. The molecule has 0 aromatic rings. The molecule has 2 aliphatic rings. The van der Waals surface area contributed by atoms with Crippen LogP contribution in [-0.4, -0.2) is 205 Å². The van der Waals surface area contributed by atoms with Crippen LogP contribution in [0.15, 0.2) is 0 Å². The lowest BCUT2D eigenvalue weighted by atomic mass is 9.88. The van der Waals surface area contributed by atoms with Gasteiger partial charge in [0.05, 0.1) is 44.1 Å². The summed E-state index contributed by atoms with van der Waals surface area (Å²) < 4.78 is 59.1. The second-order valence-electron chi connectivity index (χ2n) is 22.1. The third-order valence-corrected chi connectivity index (χ3v) is 15.4. The summed E-state index contributed by atoms with van der Waals surface area (Å²) in [4.78, 5) is 38.5. The van der Waals surface area contributed by atoms with Crippen LogP contribution < -0.4 is 10.6 Å². The number of carboxylic acid groups (broad SMARTS) is 1. The molecule has 2 amide bonds. The van der Waals surface area contributed by atoms with E-state index in [0.29, 0.717) is 18.8 Å². The molecule has 25 heteroatoms. The second-order valence-corrected chi connectivity index (χ2v) is 23.2. The van der Waals surface area contributed by atoms with Crippen molar-refractivity contribution in [2.75, 3.05) is 26.4 Å². The molecule has 24 nitrogen and oxygen atoms in total. The van der Waals surface area contributed by atoms with Gasteiger partial charge < -0.3 is 85.8 Å². The number of unbranched alkanes of at least 4 members (excludes halogenated alkanes) is 22. The number of hydrogen-bond donors (Lipinski definition) is 14. The fourth-order valence-corrected chi connectivity index (χ4v) is 10.5. The van der Waals surface area contributed by atoms with E-state index in [1.54, 1.807) is 0 Å². The first-order valence-corrected chi connectivity index (χ1v) is 30.6. The lowest BCUT2D eigenvalue weighted by Gasteiger charge is -2.47. The van der Waals surface area contributed by atoms with Crippen LogP contribution in [0.5, 0.6) is 0 Å². The van der Waals surface area contributed by atoms with E-state index >= 15 is 0 Å². The van der Waals surface area contributed by atoms with Gasteiger partial charge in [0.15, 0.2) is 6.29 Å². The molecule has 79 heavy (non-hydrogen) atoms. The highest BCUT2D eigenvalue weighted by Crippen LogP contribution is 2.35. The summed E-state index contributed by atoms with van der Waals surface area (Å²) in [5.41, 5.74) is 0. The average Bonchev–Trinajstić information content (AvgIpc) is 3.42. The zero-order valence-electron chi connectivity index (χ0n) is 47.1. The van der Waals surface area contributed by atoms with Gasteiger partial charge in [-0.2, -0.15) is 8.42 Å². The van der Waals surface area contributed by atoms with Crippen molar-refractivity contribution in [1.29, 1.82) is 0 Å². The highest BCUT2D eigenvalue weighted by atomic mass is 32.3. The lowest BCUT2D eigenvalue weighted by molar-refractivity contribution is -0.339. The van der Waals surface area contributed by atoms with E-state index in [2.05, 4.69) is 35.6 Å². The van der Waals surface area contributed by atoms with Gasteiger partial charge in [-0.05, 0) is 18.8 Å². The Bertz CT molecular complexity index is 1750. The first-order valence-electron chi connectivity index (χ1n) is 29.3. The predicted molar refractivity (Wildman–Crippen MR) is 288 cm³/mol. The Hall–Kier alpha value is -2.28. The molecule has 0 aromatic carbocycles. The Morgan fingerprint density at radius 3 is 1.66 bits per heavy atom. The van der Waals surface area contributed by atoms with Crippen molar-refractivity contribution in [1.82, 2.24) is 10.6 Å². The van der Waals surface area contributed by atoms with Crippen LogP contribution in [0, 0.1) is 5.92 Å². The number of rotatable bonds is 46. The van der Waals surface area contributed by atoms with Crippen molar-refractivity contribution in [3.05, 3.63) is 0 Å². The molecule has 466 valence electrons. The van der Waals surface area contributed by atoms with Gasteiger partial charge in [0.1, 0.15) is 61.5 Å².